The van der Waals surface area contributed by atoms with E-state index >= 15 is 0 Å². The minimum absolute atomic E-state index is 0.0128. The minimum atomic E-state index is -0.199. The molecule has 1 rings (SSSR count). The van der Waals surface area contributed by atoms with Gasteiger partial charge in [0.2, 0.25) is 5.91 Å². The summed E-state index contributed by atoms with van der Waals surface area (Å²) in [7, 11) is 0. The summed E-state index contributed by atoms with van der Waals surface area (Å²) in [5, 5.41) is 3.41. The summed E-state index contributed by atoms with van der Waals surface area (Å²) in [6.07, 6.45) is 0. The van der Waals surface area contributed by atoms with Crippen molar-refractivity contribution < 1.29 is 4.79 Å². The Morgan fingerprint density at radius 3 is 2.64 bits per heavy atom. The van der Waals surface area contributed by atoms with Gasteiger partial charge in [0.25, 0.3) is 0 Å². The van der Waals surface area contributed by atoms with Gasteiger partial charge in [0.05, 0.1) is 6.54 Å². The van der Waals surface area contributed by atoms with Crippen molar-refractivity contribution in [1.29, 1.82) is 0 Å². The Kier molecular flexibility index (Phi) is 3.49. The van der Waals surface area contributed by atoms with Crippen LogP contribution in [0.1, 0.15) is 11.1 Å². The molecule has 0 heterocycles. The molecule has 0 aromatic heterocycles. The van der Waals surface area contributed by atoms with Crippen LogP contribution in [-0.4, -0.2) is 12.5 Å². The maximum absolute atomic E-state index is 11.1. The van der Waals surface area contributed by atoms with Crippen molar-refractivity contribution in [3.05, 3.63) is 28.3 Å². The third-order valence-corrected chi connectivity index (χ3v) is 2.37. The van der Waals surface area contributed by atoms with Crippen LogP contribution in [0.4, 0.5) is 5.69 Å². The van der Waals surface area contributed by atoms with E-state index in [0.717, 1.165) is 16.8 Å². The van der Waals surface area contributed by atoms with E-state index in [9.17, 15) is 4.79 Å². The molecular formula is C10H13ClN2O. The molecule has 0 aliphatic rings. The standard InChI is InChI=1S/C10H13ClN2O/c1-6-4-9(13-10(14)5-12)7(2)3-8(6)11/h3-4H,5,12H2,1-2H3,(H,13,14). The lowest BCUT2D eigenvalue weighted by molar-refractivity contribution is -0.114. The molecule has 76 valence electrons. The summed E-state index contributed by atoms with van der Waals surface area (Å²) in [5.74, 6) is -0.199. The van der Waals surface area contributed by atoms with Crippen molar-refractivity contribution >= 4 is 23.2 Å². The van der Waals surface area contributed by atoms with E-state index in [1.807, 2.05) is 26.0 Å². The summed E-state index contributed by atoms with van der Waals surface area (Å²) in [4.78, 5) is 11.1. The maximum Gasteiger partial charge on any atom is 0.238 e. The van der Waals surface area contributed by atoms with Crippen molar-refractivity contribution in [2.24, 2.45) is 5.73 Å². The number of carbonyl (C=O) groups is 1. The number of nitrogens with two attached hydrogens (primary N) is 1. The average molecular weight is 213 g/mol. The fourth-order valence-corrected chi connectivity index (χ4v) is 1.34. The first kappa shape index (κ1) is 11.0. The highest BCUT2D eigenvalue weighted by molar-refractivity contribution is 6.31. The first-order chi connectivity index (χ1) is 6.54. The molecule has 1 aromatic carbocycles. The zero-order valence-corrected chi connectivity index (χ0v) is 8.98. The first-order valence-electron chi connectivity index (χ1n) is 4.31. The van der Waals surface area contributed by atoms with Crippen LogP contribution in [0.25, 0.3) is 0 Å². The normalized spacial score (nSPS) is 10.0. The van der Waals surface area contributed by atoms with Crippen molar-refractivity contribution in [3.63, 3.8) is 0 Å². The van der Waals surface area contributed by atoms with Crippen LogP contribution < -0.4 is 11.1 Å². The van der Waals surface area contributed by atoms with Gasteiger partial charge in [0.1, 0.15) is 0 Å². The van der Waals surface area contributed by atoms with Crippen molar-refractivity contribution in [1.82, 2.24) is 0 Å². The van der Waals surface area contributed by atoms with Crippen molar-refractivity contribution in [3.8, 4) is 0 Å². The SMILES string of the molecule is Cc1cc(NC(=O)CN)c(C)cc1Cl. The summed E-state index contributed by atoms with van der Waals surface area (Å²) < 4.78 is 0. The van der Waals surface area contributed by atoms with E-state index in [4.69, 9.17) is 17.3 Å². The zero-order chi connectivity index (χ0) is 10.7. The number of aryl methyl sites for hydroxylation is 2. The summed E-state index contributed by atoms with van der Waals surface area (Å²) in [5.41, 5.74) is 7.83. The number of amides is 1. The fourth-order valence-electron chi connectivity index (χ4n) is 1.12. The second-order valence-electron chi connectivity index (χ2n) is 3.17. The van der Waals surface area contributed by atoms with Crippen LogP contribution in [0.3, 0.4) is 0 Å². The zero-order valence-electron chi connectivity index (χ0n) is 8.23. The van der Waals surface area contributed by atoms with Gasteiger partial charge in [-0.25, -0.2) is 0 Å². The molecule has 0 aliphatic carbocycles. The Morgan fingerprint density at radius 2 is 2.07 bits per heavy atom. The van der Waals surface area contributed by atoms with Gasteiger partial charge in [-0.2, -0.15) is 0 Å². The molecule has 14 heavy (non-hydrogen) atoms. The average Bonchev–Trinajstić information content (AvgIpc) is 2.14. The van der Waals surface area contributed by atoms with Gasteiger partial charge in [-0.05, 0) is 37.1 Å². The highest BCUT2D eigenvalue weighted by atomic mass is 35.5. The second-order valence-corrected chi connectivity index (χ2v) is 3.58. The summed E-state index contributed by atoms with van der Waals surface area (Å²) in [6.45, 7) is 3.76. The summed E-state index contributed by atoms with van der Waals surface area (Å²) in [6, 6.07) is 3.66. The van der Waals surface area contributed by atoms with Gasteiger partial charge in [-0.15, -0.1) is 0 Å². The molecule has 0 atom stereocenters. The highest BCUT2D eigenvalue weighted by Gasteiger charge is 2.05. The van der Waals surface area contributed by atoms with E-state index in [2.05, 4.69) is 5.32 Å². The molecule has 0 bridgehead atoms. The lowest BCUT2D eigenvalue weighted by atomic mass is 10.1. The number of hydrogen-bond acceptors (Lipinski definition) is 2. The van der Waals surface area contributed by atoms with Crippen LogP contribution in [0.5, 0.6) is 0 Å². The van der Waals surface area contributed by atoms with Gasteiger partial charge in [0.15, 0.2) is 0 Å². The molecule has 4 heteroatoms. The smallest absolute Gasteiger partial charge is 0.238 e. The van der Waals surface area contributed by atoms with Gasteiger partial charge in [-0.3, -0.25) is 4.79 Å². The predicted molar refractivity (Wildman–Crippen MR) is 58.6 cm³/mol. The van der Waals surface area contributed by atoms with E-state index in [1.165, 1.54) is 0 Å². The van der Waals surface area contributed by atoms with Gasteiger partial charge in [-0.1, -0.05) is 11.6 Å². The Bertz CT molecular complexity index is 363. The lowest BCUT2D eigenvalue weighted by Gasteiger charge is -2.09. The number of nitrogens with one attached hydrogen (secondary N) is 1. The number of rotatable bonds is 2. The molecular weight excluding hydrogens is 200 g/mol. The van der Waals surface area contributed by atoms with Gasteiger partial charge < -0.3 is 11.1 Å². The first-order valence-corrected chi connectivity index (χ1v) is 4.69. The molecule has 0 saturated heterocycles. The maximum atomic E-state index is 11.1. The minimum Gasteiger partial charge on any atom is -0.325 e. The van der Waals surface area contributed by atoms with Crippen molar-refractivity contribution in [2.75, 3.05) is 11.9 Å². The van der Waals surface area contributed by atoms with Gasteiger partial charge >= 0.3 is 0 Å². The molecule has 0 saturated carbocycles. The van der Waals surface area contributed by atoms with Crippen LogP contribution in [0, 0.1) is 13.8 Å². The van der Waals surface area contributed by atoms with Crippen molar-refractivity contribution in [2.45, 2.75) is 13.8 Å². The summed E-state index contributed by atoms with van der Waals surface area (Å²) >= 11 is 5.92. The topological polar surface area (TPSA) is 55.1 Å². The number of anilines is 1. The van der Waals surface area contributed by atoms with Gasteiger partial charge in [0, 0.05) is 10.7 Å². The number of hydrogen-bond donors (Lipinski definition) is 2. The molecule has 0 spiro atoms. The molecule has 0 fully saturated rings. The number of carbonyl (C=O) groups excluding carboxylic acids is 1. The Hall–Kier alpha value is -1.06. The third-order valence-electron chi connectivity index (χ3n) is 1.97. The molecule has 3 N–H and O–H groups in total. The monoisotopic (exact) mass is 212 g/mol. The van der Waals surface area contributed by atoms with Crippen LogP contribution >= 0.6 is 11.6 Å². The van der Waals surface area contributed by atoms with Crippen LogP contribution in [0.15, 0.2) is 12.1 Å². The van der Waals surface area contributed by atoms with E-state index in [1.54, 1.807) is 0 Å². The largest absolute Gasteiger partial charge is 0.325 e. The second kappa shape index (κ2) is 4.44. The Morgan fingerprint density at radius 1 is 1.43 bits per heavy atom. The number of halogens is 1. The lowest BCUT2D eigenvalue weighted by Crippen LogP contribution is -2.22. The predicted octanol–water partition coefficient (Wildman–Crippen LogP) is 1.85. The van der Waals surface area contributed by atoms with E-state index in [0.29, 0.717) is 5.02 Å². The molecule has 0 radical (unpaired) electrons. The van der Waals surface area contributed by atoms with Crippen LogP contribution in [-0.2, 0) is 4.79 Å². The highest BCUT2D eigenvalue weighted by Crippen LogP contribution is 2.23. The third kappa shape index (κ3) is 2.47. The molecule has 1 aromatic rings. The molecule has 0 aliphatic heterocycles. The quantitative estimate of drug-likeness (QED) is 0.786. The molecule has 1 amide bonds. The molecule has 3 nitrogen and oxygen atoms in total. The molecule has 0 unspecified atom stereocenters. The Labute approximate surface area is 88.2 Å². The fraction of sp³-hybridized carbons (Fsp3) is 0.300. The van der Waals surface area contributed by atoms with E-state index < -0.39 is 0 Å². The Balaban J connectivity index is 2.98. The number of benzene rings is 1. The van der Waals surface area contributed by atoms with E-state index in [-0.39, 0.29) is 12.5 Å². The van der Waals surface area contributed by atoms with Crippen LogP contribution in [0.2, 0.25) is 5.02 Å².